The normalized spacial score (nSPS) is 16.8. The lowest BCUT2D eigenvalue weighted by Crippen LogP contribution is -2.42. The number of nitrogens with zero attached hydrogens (tertiary/aromatic N) is 1. The van der Waals surface area contributed by atoms with Gasteiger partial charge in [0.25, 0.3) is 5.91 Å². The number of carbonyl (C=O) groups excluding carboxylic acids is 2. The maximum atomic E-state index is 12.5. The molecule has 2 fully saturated rings. The van der Waals surface area contributed by atoms with Crippen LogP contribution in [0.4, 0.5) is 0 Å². The maximum Gasteiger partial charge on any atom is 0.251 e. The van der Waals surface area contributed by atoms with E-state index in [2.05, 4.69) is 22.4 Å². The van der Waals surface area contributed by atoms with Gasteiger partial charge in [0.15, 0.2) is 0 Å². The average molecular weight is 432 g/mol. The maximum absolute atomic E-state index is 12.5. The Morgan fingerprint density at radius 2 is 1.75 bits per heavy atom. The van der Waals surface area contributed by atoms with Gasteiger partial charge in [0.2, 0.25) is 5.91 Å². The highest BCUT2D eigenvalue weighted by Gasteiger charge is 2.35. The summed E-state index contributed by atoms with van der Waals surface area (Å²) in [6.45, 7) is 2.13. The van der Waals surface area contributed by atoms with Gasteiger partial charge in [0, 0.05) is 61.1 Å². The van der Waals surface area contributed by atoms with E-state index in [4.69, 9.17) is 4.74 Å². The number of amides is 2. The van der Waals surface area contributed by atoms with Gasteiger partial charge in [-0.15, -0.1) is 0 Å². The van der Waals surface area contributed by atoms with Crippen LogP contribution in [0.25, 0.3) is 10.9 Å². The highest BCUT2D eigenvalue weighted by atomic mass is 16.5. The van der Waals surface area contributed by atoms with E-state index in [1.165, 1.54) is 10.9 Å². The Labute approximate surface area is 187 Å². The molecular weight excluding hydrogens is 402 g/mol. The van der Waals surface area contributed by atoms with Crippen molar-refractivity contribution in [2.45, 2.75) is 38.2 Å². The van der Waals surface area contributed by atoms with Gasteiger partial charge in [-0.2, -0.15) is 0 Å². The van der Waals surface area contributed by atoms with Crippen LogP contribution in [-0.2, 0) is 11.2 Å². The summed E-state index contributed by atoms with van der Waals surface area (Å²) >= 11 is 0. The van der Waals surface area contributed by atoms with Gasteiger partial charge in [-0.3, -0.25) is 9.59 Å². The van der Waals surface area contributed by atoms with Crippen LogP contribution < -0.4 is 10.1 Å². The molecule has 2 heterocycles. The molecule has 0 atom stereocenters. The molecule has 166 valence electrons. The monoisotopic (exact) mass is 431 g/mol. The molecular formula is C26H29N3O3. The van der Waals surface area contributed by atoms with Crippen LogP contribution in [0, 0.1) is 5.92 Å². The molecule has 6 nitrogen and oxygen atoms in total. The fraction of sp³-hybridized carbons (Fsp3) is 0.385. The van der Waals surface area contributed by atoms with E-state index in [1.807, 2.05) is 47.5 Å². The number of aromatic amines is 1. The number of piperidine rings is 1. The number of para-hydroxylation sites is 1. The summed E-state index contributed by atoms with van der Waals surface area (Å²) in [6, 6.07) is 15.5. The number of fused-ring (bicyclic) bond motifs is 1. The minimum atomic E-state index is -0.0803. The molecule has 1 saturated carbocycles. The lowest BCUT2D eigenvalue weighted by atomic mass is 10.1. The summed E-state index contributed by atoms with van der Waals surface area (Å²) in [5.74, 6) is 1.30. The Kier molecular flexibility index (Phi) is 5.84. The number of benzene rings is 2. The SMILES string of the molecule is O=C(NCCc1c[nH]c2ccccc12)c1ccc(OC2CCN(C(=O)C3CC3)CC2)cc1. The molecule has 0 radical (unpaired) electrons. The van der Waals surface area contributed by atoms with Crippen LogP contribution >= 0.6 is 0 Å². The smallest absolute Gasteiger partial charge is 0.251 e. The average Bonchev–Trinajstić information content (AvgIpc) is 3.60. The van der Waals surface area contributed by atoms with Crippen molar-refractivity contribution in [1.29, 1.82) is 0 Å². The van der Waals surface area contributed by atoms with Gasteiger partial charge in [-0.1, -0.05) is 18.2 Å². The first kappa shape index (κ1) is 20.6. The third kappa shape index (κ3) is 4.64. The topological polar surface area (TPSA) is 74.4 Å². The summed E-state index contributed by atoms with van der Waals surface area (Å²) < 4.78 is 6.09. The van der Waals surface area contributed by atoms with Crippen LogP contribution in [0.5, 0.6) is 5.75 Å². The van der Waals surface area contributed by atoms with E-state index in [1.54, 1.807) is 0 Å². The second-order valence-electron chi connectivity index (χ2n) is 8.81. The van der Waals surface area contributed by atoms with Crippen molar-refractivity contribution in [2.24, 2.45) is 5.92 Å². The van der Waals surface area contributed by atoms with Crippen molar-refractivity contribution in [3.63, 3.8) is 0 Å². The summed E-state index contributed by atoms with van der Waals surface area (Å²) in [4.78, 5) is 29.9. The zero-order valence-corrected chi connectivity index (χ0v) is 18.2. The minimum Gasteiger partial charge on any atom is -0.490 e. The molecule has 2 amide bonds. The predicted molar refractivity (Wildman–Crippen MR) is 124 cm³/mol. The van der Waals surface area contributed by atoms with Gasteiger partial charge in [-0.25, -0.2) is 0 Å². The zero-order valence-electron chi connectivity index (χ0n) is 18.2. The second kappa shape index (κ2) is 9.07. The molecule has 2 aliphatic rings. The van der Waals surface area contributed by atoms with Crippen molar-refractivity contribution in [3.05, 3.63) is 65.9 Å². The first-order chi connectivity index (χ1) is 15.7. The molecule has 32 heavy (non-hydrogen) atoms. The number of rotatable bonds is 7. The van der Waals surface area contributed by atoms with E-state index >= 15 is 0 Å². The Hall–Kier alpha value is -3.28. The van der Waals surface area contributed by atoms with Crippen LogP contribution in [0.3, 0.4) is 0 Å². The molecule has 1 saturated heterocycles. The molecule has 2 aromatic carbocycles. The number of likely N-dealkylation sites (tertiary alicyclic amines) is 1. The molecule has 1 aliphatic carbocycles. The fourth-order valence-electron chi connectivity index (χ4n) is 4.41. The number of aromatic nitrogens is 1. The number of hydrogen-bond donors (Lipinski definition) is 2. The molecule has 5 rings (SSSR count). The fourth-order valence-corrected chi connectivity index (χ4v) is 4.41. The highest BCUT2D eigenvalue weighted by Crippen LogP contribution is 2.32. The first-order valence-corrected chi connectivity index (χ1v) is 11.6. The van der Waals surface area contributed by atoms with Crippen molar-refractivity contribution < 1.29 is 14.3 Å². The molecule has 6 heteroatoms. The number of ether oxygens (including phenoxy) is 1. The van der Waals surface area contributed by atoms with E-state index < -0.39 is 0 Å². The van der Waals surface area contributed by atoms with Gasteiger partial charge >= 0.3 is 0 Å². The first-order valence-electron chi connectivity index (χ1n) is 11.6. The predicted octanol–water partition coefficient (Wildman–Crippen LogP) is 3.92. The third-order valence-electron chi connectivity index (χ3n) is 6.45. The molecule has 0 unspecified atom stereocenters. The molecule has 2 N–H and O–H groups in total. The molecule has 1 aliphatic heterocycles. The van der Waals surface area contributed by atoms with Gasteiger partial charge in [-0.05, 0) is 55.2 Å². The van der Waals surface area contributed by atoms with E-state index in [9.17, 15) is 9.59 Å². The Morgan fingerprint density at radius 3 is 2.50 bits per heavy atom. The Morgan fingerprint density at radius 1 is 1.00 bits per heavy atom. The molecule has 1 aromatic heterocycles. The highest BCUT2D eigenvalue weighted by molar-refractivity contribution is 5.94. The number of carbonyl (C=O) groups is 2. The summed E-state index contributed by atoms with van der Waals surface area (Å²) in [5, 5.41) is 4.20. The van der Waals surface area contributed by atoms with Crippen LogP contribution in [0.1, 0.15) is 41.6 Å². The molecule has 0 bridgehead atoms. The van der Waals surface area contributed by atoms with Gasteiger partial charge < -0.3 is 19.9 Å². The largest absolute Gasteiger partial charge is 0.490 e. The van der Waals surface area contributed by atoms with Gasteiger partial charge in [0.05, 0.1) is 0 Å². The Balaban J connectivity index is 1.08. The van der Waals surface area contributed by atoms with E-state index in [0.29, 0.717) is 18.0 Å². The van der Waals surface area contributed by atoms with Crippen molar-refractivity contribution in [1.82, 2.24) is 15.2 Å². The van der Waals surface area contributed by atoms with E-state index in [0.717, 1.165) is 56.5 Å². The van der Waals surface area contributed by atoms with Crippen molar-refractivity contribution >= 4 is 22.7 Å². The molecule has 3 aromatic rings. The summed E-state index contributed by atoms with van der Waals surface area (Å²) in [6.07, 6.45) is 6.72. The standard InChI is InChI=1S/C26H29N3O3/c30-25(27-14-11-20-17-28-24-4-2-1-3-23(20)24)18-7-9-21(10-8-18)32-22-12-15-29(16-13-22)26(31)19-5-6-19/h1-4,7-10,17,19,22,28H,5-6,11-16H2,(H,27,30). The quantitative estimate of drug-likeness (QED) is 0.595. The third-order valence-corrected chi connectivity index (χ3v) is 6.45. The minimum absolute atomic E-state index is 0.0803. The van der Waals surface area contributed by atoms with Gasteiger partial charge in [0.1, 0.15) is 11.9 Å². The Bertz CT molecular complexity index is 1090. The van der Waals surface area contributed by atoms with Crippen LogP contribution in [0.2, 0.25) is 0 Å². The van der Waals surface area contributed by atoms with Crippen molar-refractivity contribution in [2.75, 3.05) is 19.6 Å². The van der Waals surface area contributed by atoms with Crippen LogP contribution in [-0.4, -0.2) is 47.4 Å². The van der Waals surface area contributed by atoms with Crippen LogP contribution in [0.15, 0.2) is 54.7 Å². The lowest BCUT2D eigenvalue weighted by molar-refractivity contribution is -0.134. The zero-order chi connectivity index (χ0) is 21.9. The second-order valence-corrected chi connectivity index (χ2v) is 8.81. The summed E-state index contributed by atoms with van der Waals surface area (Å²) in [7, 11) is 0. The number of H-pyrrole nitrogens is 1. The molecule has 0 spiro atoms. The van der Waals surface area contributed by atoms with Crippen molar-refractivity contribution in [3.8, 4) is 5.75 Å². The summed E-state index contributed by atoms with van der Waals surface area (Å²) in [5.41, 5.74) is 2.94. The number of hydrogen-bond acceptors (Lipinski definition) is 3. The van der Waals surface area contributed by atoms with E-state index in [-0.39, 0.29) is 17.9 Å². The lowest BCUT2D eigenvalue weighted by Gasteiger charge is -2.32. The number of nitrogens with one attached hydrogen (secondary N) is 2.